The normalized spacial score (nSPS) is 12.0. The lowest BCUT2D eigenvalue weighted by Gasteiger charge is -2.20. The van der Waals surface area contributed by atoms with Crippen LogP contribution >= 0.6 is 0 Å². The Bertz CT molecular complexity index is 71.3. The van der Waals surface area contributed by atoms with Gasteiger partial charge >= 0.3 is 0 Å². The maximum atomic E-state index is 8.76. The summed E-state index contributed by atoms with van der Waals surface area (Å²) in [4.78, 5) is 0. The van der Waals surface area contributed by atoms with Gasteiger partial charge in [-0.1, -0.05) is 13.8 Å². The first kappa shape index (κ1) is 8.92. The van der Waals surface area contributed by atoms with E-state index >= 15 is 0 Å². The lowest BCUT2D eigenvalue weighted by molar-refractivity contribution is 0.148. The molecule has 0 rings (SSSR count). The number of nitrogens with one attached hydrogen (secondary N) is 1. The molecule has 9 heavy (non-hydrogen) atoms. The van der Waals surface area contributed by atoms with Gasteiger partial charge in [0.2, 0.25) is 0 Å². The minimum Gasteiger partial charge on any atom is -0.396 e. The molecule has 1 radical (unpaired) electrons. The Morgan fingerprint density at radius 2 is 2.00 bits per heavy atom. The fourth-order valence-corrected chi connectivity index (χ4v) is 0.646. The first-order valence-electron chi connectivity index (χ1n) is 3.38. The van der Waals surface area contributed by atoms with Crippen LogP contribution in [0.3, 0.4) is 0 Å². The van der Waals surface area contributed by atoms with Gasteiger partial charge in [0.15, 0.2) is 0 Å². The number of hydrogen-bond donors (Lipinski definition) is 1. The highest BCUT2D eigenvalue weighted by Crippen LogP contribution is 2.20. The number of rotatable bonds is 4. The monoisotopic (exact) mass is 130 g/mol. The molecule has 0 unspecified atom stereocenters. The van der Waals surface area contributed by atoms with Crippen LogP contribution in [0.5, 0.6) is 0 Å². The van der Waals surface area contributed by atoms with Crippen molar-refractivity contribution in [3.05, 3.63) is 0 Å². The molecule has 0 bridgehead atoms. The predicted octanol–water partition coefficient (Wildman–Crippen LogP) is 1.07. The van der Waals surface area contributed by atoms with Crippen LogP contribution in [-0.4, -0.2) is 18.3 Å². The van der Waals surface area contributed by atoms with Crippen molar-refractivity contribution in [3.63, 3.8) is 0 Å². The SMILES string of the molecule is CC(C)(CO)CCC[NH]. The second-order valence-corrected chi connectivity index (χ2v) is 3.18. The Balaban J connectivity index is 3.33. The Hall–Kier alpha value is -0.0800. The van der Waals surface area contributed by atoms with Gasteiger partial charge < -0.3 is 5.11 Å². The summed E-state index contributed by atoms with van der Waals surface area (Å²) in [6.45, 7) is 4.74. The van der Waals surface area contributed by atoms with Crippen LogP contribution in [-0.2, 0) is 0 Å². The van der Waals surface area contributed by atoms with Crippen LogP contribution in [0.15, 0.2) is 0 Å². The maximum Gasteiger partial charge on any atom is 0.0482 e. The van der Waals surface area contributed by atoms with Gasteiger partial charge in [0.05, 0.1) is 0 Å². The van der Waals surface area contributed by atoms with E-state index in [0.29, 0.717) is 6.54 Å². The summed E-state index contributed by atoms with van der Waals surface area (Å²) in [5, 5.41) is 8.76. The van der Waals surface area contributed by atoms with Gasteiger partial charge in [-0.15, -0.1) is 0 Å². The standard InChI is InChI=1S/C7H16NO/c1-7(2,6-9)4-3-5-8/h8-9H,3-6H2,1-2H3. The molecule has 55 valence electrons. The molecule has 0 aromatic rings. The minimum atomic E-state index is 0.0288. The van der Waals surface area contributed by atoms with Gasteiger partial charge in [0.1, 0.15) is 0 Å². The minimum absolute atomic E-state index is 0.0288. The summed E-state index contributed by atoms with van der Waals surface area (Å²) in [5.74, 6) is 0. The molecular weight excluding hydrogens is 114 g/mol. The van der Waals surface area contributed by atoms with Crippen molar-refractivity contribution in [1.29, 1.82) is 0 Å². The van der Waals surface area contributed by atoms with E-state index in [4.69, 9.17) is 10.8 Å². The van der Waals surface area contributed by atoms with Crippen LogP contribution in [0.2, 0.25) is 0 Å². The van der Waals surface area contributed by atoms with Gasteiger partial charge in [-0.25, -0.2) is 0 Å². The fourth-order valence-electron chi connectivity index (χ4n) is 0.646. The molecule has 0 aromatic carbocycles. The molecule has 0 aliphatic heterocycles. The first-order valence-corrected chi connectivity index (χ1v) is 3.38. The molecule has 0 atom stereocenters. The van der Waals surface area contributed by atoms with Gasteiger partial charge in [0, 0.05) is 13.2 Å². The van der Waals surface area contributed by atoms with E-state index in [1.54, 1.807) is 0 Å². The Morgan fingerprint density at radius 1 is 1.44 bits per heavy atom. The Kier molecular flexibility index (Phi) is 3.82. The smallest absolute Gasteiger partial charge is 0.0482 e. The largest absolute Gasteiger partial charge is 0.396 e. The van der Waals surface area contributed by atoms with Gasteiger partial charge in [-0.2, -0.15) is 0 Å². The molecule has 0 heterocycles. The van der Waals surface area contributed by atoms with Gasteiger partial charge in [-0.3, -0.25) is 5.73 Å². The molecule has 2 N–H and O–H groups in total. The highest BCUT2D eigenvalue weighted by molar-refractivity contribution is 4.66. The molecule has 0 aromatic heterocycles. The summed E-state index contributed by atoms with van der Waals surface area (Å²) in [7, 11) is 0. The highest BCUT2D eigenvalue weighted by Gasteiger charge is 2.14. The molecule has 0 aliphatic carbocycles. The van der Waals surface area contributed by atoms with E-state index in [1.807, 2.05) is 13.8 Å². The van der Waals surface area contributed by atoms with Gasteiger partial charge in [-0.05, 0) is 18.3 Å². The van der Waals surface area contributed by atoms with E-state index in [9.17, 15) is 0 Å². The molecule has 0 spiro atoms. The molecule has 2 nitrogen and oxygen atoms in total. The predicted molar refractivity (Wildman–Crippen MR) is 38.1 cm³/mol. The van der Waals surface area contributed by atoms with E-state index in [0.717, 1.165) is 12.8 Å². The van der Waals surface area contributed by atoms with Crippen molar-refractivity contribution in [2.75, 3.05) is 13.2 Å². The van der Waals surface area contributed by atoms with Crippen molar-refractivity contribution in [1.82, 2.24) is 5.73 Å². The van der Waals surface area contributed by atoms with Crippen molar-refractivity contribution in [2.24, 2.45) is 5.41 Å². The lowest BCUT2D eigenvalue weighted by atomic mass is 9.89. The molecule has 0 aliphatic rings. The Morgan fingerprint density at radius 3 is 2.33 bits per heavy atom. The topological polar surface area (TPSA) is 44.0 Å². The Labute approximate surface area is 57.1 Å². The van der Waals surface area contributed by atoms with Crippen LogP contribution in [0.25, 0.3) is 0 Å². The van der Waals surface area contributed by atoms with Crippen molar-refractivity contribution in [2.45, 2.75) is 26.7 Å². The van der Waals surface area contributed by atoms with Crippen LogP contribution < -0.4 is 5.73 Å². The average molecular weight is 130 g/mol. The molecule has 0 saturated heterocycles. The number of aliphatic hydroxyl groups is 1. The fraction of sp³-hybridized carbons (Fsp3) is 1.00. The summed E-state index contributed by atoms with van der Waals surface area (Å²) in [5.41, 5.74) is 6.90. The number of hydrogen-bond acceptors (Lipinski definition) is 1. The zero-order chi connectivity index (χ0) is 7.33. The van der Waals surface area contributed by atoms with Crippen molar-refractivity contribution < 1.29 is 5.11 Å². The molecule has 2 heteroatoms. The van der Waals surface area contributed by atoms with Gasteiger partial charge in [0.25, 0.3) is 0 Å². The molecule has 0 fully saturated rings. The molecule has 0 amide bonds. The maximum absolute atomic E-state index is 8.76. The third-order valence-corrected chi connectivity index (χ3v) is 1.46. The molecular formula is C7H16NO. The van der Waals surface area contributed by atoms with Crippen molar-refractivity contribution >= 4 is 0 Å². The highest BCUT2D eigenvalue weighted by atomic mass is 16.3. The molecule has 0 saturated carbocycles. The third kappa shape index (κ3) is 4.43. The van der Waals surface area contributed by atoms with Crippen molar-refractivity contribution in [3.8, 4) is 0 Å². The third-order valence-electron chi connectivity index (χ3n) is 1.46. The van der Waals surface area contributed by atoms with E-state index in [-0.39, 0.29) is 12.0 Å². The zero-order valence-electron chi connectivity index (χ0n) is 6.28. The van der Waals surface area contributed by atoms with E-state index < -0.39 is 0 Å². The number of aliphatic hydroxyl groups excluding tert-OH is 1. The summed E-state index contributed by atoms with van der Waals surface area (Å²) < 4.78 is 0. The van der Waals surface area contributed by atoms with E-state index in [2.05, 4.69) is 0 Å². The average Bonchev–Trinajstić information content (AvgIpc) is 1.84. The summed E-state index contributed by atoms with van der Waals surface area (Å²) in [6, 6.07) is 0. The second-order valence-electron chi connectivity index (χ2n) is 3.18. The quantitative estimate of drug-likeness (QED) is 0.607. The summed E-state index contributed by atoms with van der Waals surface area (Å²) in [6.07, 6.45) is 1.85. The van der Waals surface area contributed by atoms with Crippen LogP contribution in [0.4, 0.5) is 0 Å². The first-order chi connectivity index (χ1) is 4.12. The van der Waals surface area contributed by atoms with Crippen LogP contribution in [0, 0.1) is 5.41 Å². The second kappa shape index (κ2) is 3.85. The summed E-state index contributed by atoms with van der Waals surface area (Å²) >= 11 is 0. The van der Waals surface area contributed by atoms with E-state index in [1.165, 1.54) is 0 Å². The lowest BCUT2D eigenvalue weighted by Crippen LogP contribution is -2.16. The zero-order valence-corrected chi connectivity index (χ0v) is 6.28. The van der Waals surface area contributed by atoms with Crippen LogP contribution in [0.1, 0.15) is 26.7 Å².